The molecule has 0 saturated carbocycles. The number of Topliss-reactive ketones (excluding diaryl/α,β-unsaturated/α-hetero) is 1. The van der Waals surface area contributed by atoms with Gasteiger partial charge in [0.1, 0.15) is 24.4 Å². The van der Waals surface area contributed by atoms with Crippen molar-refractivity contribution in [1.82, 2.24) is 10.6 Å². The highest BCUT2D eigenvalue weighted by Gasteiger charge is 2.34. The molecule has 0 fully saturated rings. The van der Waals surface area contributed by atoms with Crippen LogP contribution in [0.2, 0.25) is 5.02 Å². The van der Waals surface area contributed by atoms with Gasteiger partial charge in [-0.05, 0) is 31.2 Å². The number of aldehydes is 1. The quantitative estimate of drug-likeness (QED) is 0.343. The summed E-state index contributed by atoms with van der Waals surface area (Å²) in [7, 11) is 0. The first-order chi connectivity index (χ1) is 19.2. The highest BCUT2D eigenvalue weighted by Crippen LogP contribution is 2.29. The third-order valence-electron chi connectivity index (χ3n) is 6.05. The standard InChI is InChI=1S/C29H25ClN4O6/c1-17(36)13-20(16-35)31-25(38)15-34-23-10-6-5-9-21(23)26(18-7-3-2-4-8-18)32-27(29(34)40)33-28(39)19-11-12-24(37)22(30)14-19/h2-12,14,16,20,27,37H,13,15H2,1H3,(H,31,38)(H,33,39)/t20-,27?/m0/s1. The van der Waals surface area contributed by atoms with Gasteiger partial charge >= 0.3 is 0 Å². The number of halogens is 1. The van der Waals surface area contributed by atoms with E-state index < -0.39 is 36.5 Å². The Balaban J connectivity index is 1.74. The number of carbonyl (C=O) groups excluding carboxylic acids is 5. The molecule has 3 aromatic rings. The number of nitrogens with zero attached hydrogens (tertiary/aromatic N) is 2. The smallest absolute Gasteiger partial charge is 0.272 e. The molecule has 0 saturated heterocycles. The van der Waals surface area contributed by atoms with Gasteiger partial charge < -0.3 is 20.5 Å². The van der Waals surface area contributed by atoms with Crippen LogP contribution >= 0.6 is 11.6 Å². The number of anilines is 1. The molecule has 0 radical (unpaired) electrons. The highest BCUT2D eigenvalue weighted by atomic mass is 35.5. The van der Waals surface area contributed by atoms with Crippen LogP contribution in [0, 0.1) is 0 Å². The Bertz CT molecular complexity index is 1510. The summed E-state index contributed by atoms with van der Waals surface area (Å²) in [6.07, 6.45) is -1.18. The van der Waals surface area contributed by atoms with Crippen molar-refractivity contribution in [3.63, 3.8) is 0 Å². The molecule has 3 amide bonds. The molecule has 3 N–H and O–H groups in total. The van der Waals surface area contributed by atoms with E-state index in [0.29, 0.717) is 28.8 Å². The number of hydrogen-bond acceptors (Lipinski definition) is 7. The van der Waals surface area contributed by atoms with Crippen LogP contribution in [0.25, 0.3) is 0 Å². The number of fused-ring (bicyclic) bond motifs is 1. The molecule has 11 heteroatoms. The fourth-order valence-corrected chi connectivity index (χ4v) is 4.39. The van der Waals surface area contributed by atoms with Gasteiger partial charge in [-0.3, -0.25) is 24.1 Å². The van der Waals surface area contributed by atoms with E-state index in [1.54, 1.807) is 48.5 Å². The lowest BCUT2D eigenvalue weighted by molar-refractivity contribution is -0.126. The van der Waals surface area contributed by atoms with Gasteiger partial charge in [0.15, 0.2) is 0 Å². The van der Waals surface area contributed by atoms with Gasteiger partial charge in [-0.15, -0.1) is 0 Å². The minimum Gasteiger partial charge on any atom is -0.506 e. The minimum absolute atomic E-state index is 0.0469. The number of benzodiazepines with no additional fused rings is 1. The molecule has 4 rings (SSSR count). The zero-order valence-corrected chi connectivity index (χ0v) is 22.1. The minimum atomic E-state index is -1.45. The lowest BCUT2D eigenvalue weighted by Gasteiger charge is -2.25. The number of benzene rings is 3. The predicted molar refractivity (Wildman–Crippen MR) is 149 cm³/mol. The number of aliphatic imine (C=N–C) groups is 1. The molecule has 2 atom stereocenters. The van der Waals surface area contributed by atoms with Crippen molar-refractivity contribution in [2.45, 2.75) is 25.6 Å². The maximum Gasteiger partial charge on any atom is 0.272 e. The van der Waals surface area contributed by atoms with Crippen molar-refractivity contribution in [1.29, 1.82) is 0 Å². The molecule has 1 unspecified atom stereocenters. The van der Waals surface area contributed by atoms with Crippen LogP contribution in [-0.4, -0.2) is 59.4 Å². The van der Waals surface area contributed by atoms with Crippen molar-refractivity contribution in [3.05, 3.63) is 94.5 Å². The van der Waals surface area contributed by atoms with Crippen LogP contribution in [0.1, 0.15) is 34.8 Å². The number of para-hydroxylation sites is 1. The van der Waals surface area contributed by atoms with Gasteiger partial charge in [0, 0.05) is 23.1 Å². The van der Waals surface area contributed by atoms with E-state index in [0.717, 1.165) is 0 Å². The second-order valence-corrected chi connectivity index (χ2v) is 9.45. The van der Waals surface area contributed by atoms with Crippen molar-refractivity contribution in [2.24, 2.45) is 4.99 Å². The van der Waals surface area contributed by atoms with Crippen LogP contribution in [0.15, 0.2) is 77.8 Å². The van der Waals surface area contributed by atoms with Crippen molar-refractivity contribution in [3.8, 4) is 5.75 Å². The van der Waals surface area contributed by atoms with Gasteiger partial charge in [-0.25, -0.2) is 4.99 Å². The molecular weight excluding hydrogens is 536 g/mol. The van der Waals surface area contributed by atoms with Crippen molar-refractivity contribution >= 4 is 52.8 Å². The molecule has 0 aliphatic carbocycles. The summed E-state index contributed by atoms with van der Waals surface area (Å²) in [5, 5.41) is 14.7. The zero-order valence-electron chi connectivity index (χ0n) is 21.3. The summed E-state index contributed by atoms with van der Waals surface area (Å²) in [5.41, 5.74) is 2.06. The first-order valence-corrected chi connectivity index (χ1v) is 12.6. The van der Waals surface area contributed by atoms with Gasteiger partial charge in [0.2, 0.25) is 12.1 Å². The number of hydrogen-bond donors (Lipinski definition) is 3. The average Bonchev–Trinajstić information content (AvgIpc) is 3.05. The SMILES string of the molecule is CC(=O)C[C@@H](C=O)NC(=O)CN1C(=O)C(NC(=O)c2ccc(O)c(Cl)c2)N=C(c2ccccc2)c2ccccc21. The Morgan fingerprint density at radius 1 is 1.07 bits per heavy atom. The third-order valence-corrected chi connectivity index (χ3v) is 6.36. The van der Waals surface area contributed by atoms with Crippen molar-refractivity contribution < 1.29 is 29.1 Å². The molecule has 10 nitrogen and oxygen atoms in total. The molecule has 204 valence electrons. The monoisotopic (exact) mass is 560 g/mol. The number of ketones is 1. The molecule has 0 spiro atoms. The Morgan fingerprint density at radius 3 is 2.45 bits per heavy atom. The number of nitrogens with one attached hydrogen (secondary N) is 2. The topological polar surface area (TPSA) is 145 Å². The number of rotatable bonds is 9. The van der Waals surface area contributed by atoms with Crippen LogP contribution < -0.4 is 15.5 Å². The Morgan fingerprint density at radius 2 is 1.77 bits per heavy atom. The fourth-order valence-electron chi connectivity index (χ4n) is 4.21. The maximum atomic E-state index is 13.9. The summed E-state index contributed by atoms with van der Waals surface area (Å²) < 4.78 is 0. The first kappa shape index (κ1) is 28.2. The van der Waals surface area contributed by atoms with Gasteiger partial charge in [0.05, 0.1) is 22.5 Å². The number of phenolic OH excluding ortho intramolecular Hbond substituents is 1. The van der Waals surface area contributed by atoms with E-state index >= 15 is 0 Å². The summed E-state index contributed by atoms with van der Waals surface area (Å²) in [4.78, 5) is 68.6. The summed E-state index contributed by atoms with van der Waals surface area (Å²) in [5.74, 6) is -2.57. The molecule has 1 aliphatic rings. The number of aromatic hydroxyl groups is 1. The fraction of sp³-hybridized carbons (Fsp3) is 0.172. The van der Waals surface area contributed by atoms with Gasteiger partial charge in [0.25, 0.3) is 11.8 Å². The number of phenols is 1. The van der Waals surface area contributed by atoms with Gasteiger partial charge in [-0.1, -0.05) is 60.1 Å². The predicted octanol–water partition coefficient (Wildman–Crippen LogP) is 2.65. The first-order valence-electron chi connectivity index (χ1n) is 12.3. The summed E-state index contributed by atoms with van der Waals surface area (Å²) >= 11 is 5.96. The third kappa shape index (κ3) is 6.41. The van der Waals surface area contributed by atoms with E-state index in [1.807, 2.05) is 6.07 Å². The molecule has 40 heavy (non-hydrogen) atoms. The van der Waals surface area contributed by atoms with Crippen molar-refractivity contribution in [2.75, 3.05) is 11.4 Å². The zero-order chi connectivity index (χ0) is 28.8. The summed E-state index contributed by atoms with van der Waals surface area (Å²) in [6.45, 7) is 0.793. The molecule has 0 bridgehead atoms. The molecule has 3 aromatic carbocycles. The second-order valence-electron chi connectivity index (χ2n) is 9.04. The van der Waals surface area contributed by atoms with Crippen LogP contribution in [0.4, 0.5) is 5.69 Å². The van der Waals surface area contributed by atoms with E-state index in [1.165, 1.54) is 30.0 Å². The van der Waals surface area contributed by atoms with Crippen LogP contribution in [0.5, 0.6) is 5.75 Å². The Hall–Kier alpha value is -4.83. The van der Waals surface area contributed by atoms with Gasteiger partial charge in [-0.2, -0.15) is 0 Å². The number of amides is 3. The second kappa shape index (κ2) is 12.4. The lowest BCUT2D eigenvalue weighted by Crippen LogP contribution is -2.51. The molecular formula is C29H25ClN4O6. The maximum absolute atomic E-state index is 13.9. The van der Waals surface area contributed by atoms with Crippen LogP contribution in [-0.2, 0) is 19.2 Å². The molecule has 1 aliphatic heterocycles. The lowest BCUT2D eigenvalue weighted by atomic mass is 10.0. The van der Waals surface area contributed by atoms with E-state index in [9.17, 15) is 29.1 Å². The van der Waals surface area contributed by atoms with E-state index in [2.05, 4.69) is 15.6 Å². The van der Waals surface area contributed by atoms with E-state index in [-0.39, 0.29) is 28.5 Å². The highest BCUT2D eigenvalue weighted by molar-refractivity contribution is 6.32. The molecule has 1 heterocycles. The number of carbonyl (C=O) groups is 5. The Kier molecular flexibility index (Phi) is 8.70. The van der Waals surface area contributed by atoms with E-state index in [4.69, 9.17) is 11.6 Å². The average molecular weight is 561 g/mol. The Labute approximate surface area is 234 Å². The molecule has 0 aromatic heterocycles. The summed E-state index contributed by atoms with van der Waals surface area (Å²) in [6, 6.07) is 18.7. The van der Waals surface area contributed by atoms with Crippen LogP contribution in [0.3, 0.4) is 0 Å². The largest absolute Gasteiger partial charge is 0.506 e. The normalized spacial score (nSPS) is 15.2.